The molecule has 4 heterocycles. The summed E-state index contributed by atoms with van der Waals surface area (Å²) < 4.78 is 5.42. The molecule has 0 amide bonds. The predicted octanol–water partition coefficient (Wildman–Crippen LogP) is 3.64. The van der Waals surface area contributed by atoms with E-state index >= 15 is 0 Å². The molecule has 5 rings (SSSR count). The zero-order chi connectivity index (χ0) is 21.0. The number of aromatic nitrogens is 3. The molecule has 4 aromatic rings. The second-order valence-corrected chi connectivity index (χ2v) is 7.24. The molecule has 0 atom stereocenters. The SMILES string of the molecule is O=c1[nH]ccc2cc(Nc3ccccn3)nc(Nc3ccc(N4CCOCC4)cc3)c12. The van der Waals surface area contributed by atoms with E-state index in [1.165, 1.54) is 0 Å². The van der Waals surface area contributed by atoms with Gasteiger partial charge in [0.1, 0.15) is 17.5 Å². The van der Waals surface area contributed by atoms with Crippen LogP contribution in [0.5, 0.6) is 0 Å². The van der Waals surface area contributed by atoms with E-state index in [0.717, 1.165) is 43.1 Å². The molecule has 1 aromatic carbocycles. The zero-order valence-electron chi connectivity index (χ0n) is 16.8. The van der Waals surface area contributed by atoms with Gasteiger partial charge in [-0.05, 0) is 53.9 Å². The minimum Gasteiger partial charge on any atom is -0.378 e. The number of aromatic amines is 1. The van der Waals surface area contributed by atoms with E-state index in [1.807, 2.05) is 42.5 Å². The van der Waals surface area contributed by atoms with Crippen molar-refractivity contribution in [3.8, 4) is 0 Å². The van der Waals surface area contributed by atoms with Gasteiger partial charge in [0.05, 0.1) is 18.6 Å². The van der Waals surface area contributed by atoms with Gasteiger partial charge in [0.25, 0.3) is 5.56 Å². The number of pyridine rings is 3. The largest absolute Gasteiger partial charge is 0.378 e. The summed E-state index contributed by atoms with van der Waals surface area (Å²) in [7, 11) is 0. The topological polar surface area (TPSA) is 95.2 Å². The second kappa shape index (κ2) is 8.45. The van der Waals surface area contributed by atoms with Crippen LogP contribution in [-0.2, 0) is 4.74 Å². The van der Waals surface area contributed by atoms with Gasteiger partial charge in [-0.1, -0.05) is 6.07 Å². The first-order valence-electron chi connectivity index (χ1n) is 10.2. The first kappa shape index (κ1) is 19.1. The average Bonchev–Trinajstić information content (AvgIpc) is 2.81. The highest BCUT2D eigenvalue weighted by Crippen LogP contribution is 2.27. The number of benzene rings is 1. The lowest BCUT2D eigenvalue weighted by atomic mass is 10.2. The smallest absolute Gasteiger partial charge is 0.259 e. The molecule has 8 heteroatoms. The van der Waals surface area contributed by atoms with Crippen molar-refractivity contribution in [3.05, 3.63) is 77.3 Å². The van der Waals surface area contributed by atoms with Gasteiger partial charge in [0.15, 0.2) is 0 Å². The van der Waals surface area contributed by atoms with E-state index < -0.39 is 0 Å². The lowest BCUT2D eigenvalue weighted by Gasteiger charge is -2.28. The lowest BCUT2D eigenvalue weighted by molar-refractivity contribution is 0.122. The Morgan fingerprint density at radius 2 is 1.81 bits per heavy atom. The fourth-order valence-corrected chi connectivity index (χ4v) is 3.65. The van der Waals surface area contributed by atoms with Gasteiger partial charge in [0.2, 0.25) is 0 Å². The molecule has 0 saturated carbocycles. The molecule has 0 radical (unpaired) electrons. The molecule has 1 aliphatic rings. The zero-order valence-corrected chi connectivity index (χ0v) is 16.8. The number of hydrogen-bond acceptors (Lipinski definition) is 7. The van der Waals surface area contributed by atoms with Gasteiger partial charge < -0.3 is 25.3 Å². The van der Waals surface area contributed by atoms with E-state index in [-0.39, 0.29) is 5.56 Å². The van der Waals surface area contributed by atoms with Crippen LogP contribution in [0.2, 0.25) is 0 Å². The second-order valence-electron chi connectivity index (χ2n) is 7.24. The van der Waals surface area contributed by atoms with Crippen LogP contribution in [0.15, 0.2) is 71.8 Å². The maximum absolute atomic E-state index is 12.5. The third-order valence-corrected chi connectivity index (χ3v) is 5.18. The average molecular weight is 414 g/mol. The van der Waals surface area contributed by atoms with Crippen molar-refractivity contribution in [2.75, 3.05) is 41.8 Å². The van der Waals surface area contributed by atoms with Gasteiger partial charge in [-0.25, -0.2) is 9.97 Å². The number of ether oxygens (including phenoxy) is 1. The number of nitrogens with one attached hydrogen (secondary N) is 3. The van der Waals surface area contributed by atoms with Crippen LogP contribution in [0.4, 0.5) is 28.8 Å². The van der Waals surface area contributed by atoms with Crippen molar-refractivity contribution in [1.29, 1.82) is 0 Å². The highest BCUT2D eigenvalue weighted by atomic mass is 16.5. The molecule has 0 spiro atoms. The Bertz CT molecular complexity index is 1230. The molecule has 31 heavy (non-hydrogen) atoms. The minimum absolute atomic E-state index is 0.193. The summed E-state index contributed by atoms with van der Waals surface area (Å²) >= 11 is 0. The van der Waals surface area contributed by atoms with Gasteiger partial charge in [0, 0.05) is 36.9 Å². The van der Waals surface area contributed by atoms with Crippen LogP contribution in [0.1, 0.15) is 0 Å². The van der Waals surface area contributed by atoms with Crippen molar-refractivity contribution < 1.29 is 4.74 Å². The lowest BCUT2D eigenvalue weighted by Crippen LogP contribution is -2.36. The summed E-state index contributed by atoms with van der Waals surface area (Å²) in [5.41, 5.74) is 1.81. The van der Waals surface area contributed by atoms with Crippen LogP contribution in [0.3, 0.4) is 0 Å². The van der Waals surface area contributed by atoms with E-state index in [0.29, 0.717) is 22.8 Å². The van der Waals surface area contributed by atoms with E-state index in [1.54, 1.807) is 12.4 Å². The Labute approximate surface area is 178 Å². The Morgan fingerprint density at radius 3 is 2.58 bits per heavy atom. The molecule has 3 N–H and O–H groups in total. The van der Waals surface area contributed by atoms with Crippen molar-refractivity contribution >= 4 is 39.6 Å². The first-order valence-corrected chi connectivity index (χ1v) is 10.2. The van der Waals surface area contributed by atoms with E-state index in [9.17, 15) is 4.79 Å². The number of fused-ring (bicyclic) bond motifs is 1. The summed E-state index contributed by atoms with van der Waals surface area (Å²) in [6.07, 6.45) is 3.35. The number of morpholine rings is 1. The molecule has 0 bridgehead atoms. The number of rotatable bonds is 5. The quantitative estimate of drug-likeness (QED) is 0.459. The molecular weight excluding hydrogens is 392 g/mol. The number of H-pyrrole nitrogens is 1. The normalized spacial score (nSPS) is 13.9. The molecule has 1 fully saturated rings. The van der Waals surface area contributed by atoms with Crippen molar-refractivity contribution in [1.82, 2.24) is 15.0 Å². The highest BCUT2D eigenvalue weighted by Gasteiger charge is 2.13. The fourth-order valence-electron chi connectivity index (χ4n) is 3.65. The van der Waals surface area contributed by atoms with E-state index in [2.05, 4.69) is 42.6 Å². The maximum atomic E-state index is 12.5. The molecular formula is C23H22N6O2. The van der Waals surface area contributed by atoms with Gasteiger partial charge in [-0.3, -0.25) is 4.79 Å². The first-order chi connectivity index (χ1) is 15.3. The molecule has 0 aliphatic carbocycles. The molecule has 3 aromatic heterocycles. The molecule has 1 saturated heterocycles. The summed E-state index contributed by atoms with van der Waals surface area (Å²) in [6, 6.07) is 17.4. The molecule has 0 unspecified atom stereocenters. The third-order valence-electron chi connectivity index (χ3n) is 5.18. The molecule has 156 valence electrons. The van der Waals surface area contributed by atoms with Crippen molar-refractivity contribution in [2.45, 2.75) is 0 Å². The van der Waals surface area contributed by atoms with Crippen LogP contribution < -0.4 is 21.1 Å². The molecule has 1 aliphatic heterocycles. The van der Waals surface area contributed by atoms with Crippen LogP contribution in [0.25, 0.3) is 10.8 Å². The summed E-state index contributed by atoms with van der Waals surface area (Å²) in [4.78, 5) is 26.5. The van der Waals surface area contributed by atoms with Crippen LogP contribution in [-0.4, -0.2) is 41.3 Å². The summed E-state index contributed by atoms with van der Waals surface area (Å²) in [6.45, 7) is 3.26. The number of nitrogens with zero attached hydrogens (tertiary/aromatic N) is 3. The number of hydrogen-bond donors (Lipinski definition) is 3. The monoisotopic (exact) mass is 414 g/mol. The van der Waals surface area contributed by atoms with Crippen LogP contribution in [0, 0.1) is 0 Å². The minimum atomic E-state index is -0.193. The Hall–Kier alpha value is -3.91. The summed E-state index contributed by atoms with van der Waals surface area (Å²) in [5.74, 6) is 1.76. The Morgan fingerprint density at radius 1 is 0.968 bits per heavy atom. The third kappa shape index (κ3) is 4.19. The Balaban J connectivity index is 1.47. The molecule has 8 nitrogen and oxygen atoms in total. The Kier molecular flexibility index (Phi) is 5.20. The fraction of sp³-hybridized carbons (Fsp3) is 0.174. The van der Waals surface area contributed by atoms with E-state index in [4.69, 9.17) is 4.74 Å². The highest BCUT2D eigenvalue weighted by molar-refractivity contribution is 5.94. The predicted molar refractivity (Wildman–Crippen MR) is 123 cm³/mol. The van der Waals surface area contributed by atoms with Gasteiger partial charge >= 0.3 is 0 Å². The van der Waals surface area contributed by atoms with Crippen molar-refractivity contribution in [3.63, 3.8) is 0 Å². The summed E-state index contributed by atoms with van der Waals surface area (Å²) in [5, 5.41) is 7.80. The van der Waals surface area contributed by atoms with Gasteiger partial charge in [-0.15, -0.1) is 0 Å². The van der Waals surface area contributed by atoms with Crippen molar-refractivity contribution in [2.24, 2.45) is 0 Å². The van der Waals surface area contributed by atoms with Crippen LogP contribution >= 0.6 is 0 Å². The standard InChI is InChI=1S/C23H22N6O2/c30-23-21-16(8-10-25-23)15-20(27-19-3-1-2-9-24-19)28-22(21)26-17-4-6-18(7-5-17)29-11-13-31-14-12-29/h1-10,15H,11-14H2,(H,25,30)(H2,24,26,27,28). The number of anilines is 5. The van der Waals surface area contributed by atoms with Gasteiger partial charge in [-0.2, -0.15) is 0 Å². The maximum Gasteiger partial charge on any atom is 0.259 e.